The van der Waals surface area contributed by atoms with Crippen molar-refractivity contribution < 1.29 is 9.90 Å². The molecule has 0 radical (unpaired) electrons. The highest BCUT2D eigenvalue weighted by atomic mass is 16.4. The van der Waals surface area contributed by atoms with Crippen LogP contribution < -0.4 is 0 Å². The summed E-state index contributed by atoms with van der Waals surface area (Å²) in [4.78, 5) is 18.3. The summed E-state index contributed by atoms with van der Waals surface area (Å²) in [6, 6.07) is 4.05. The monoisotopic (exact) mass is 341 g/mol. The van der Waals surface area contributed by atoms with Crippen molar-refractivity contribution >= 4 is 5.97 Å². The van der Waals surface area contributed by atoms with Gasteiger partial charge in [-0.2, -0.15) is 0 Å². The van der Waals surface area contributed by atoms with Crippen LogP contribution in [0.3, 0.4) is 0 Å². The van der Waals surface area contributed by atoms with Gasteiger partial charge < -0.3 is 5.11 Å². The van der Waals surface area contributed by atoms with Crippen LogP contribution in [0.1, 0.15) is 43.4 Å². The molecule has 1 aliphatic carbocycles. The zero-order chi connectivity index (χ0) is 17.3. The Labute approximate surface area is 146 Å². The van der Waals surface area contributed by atoms with E-state index in [4.69, 9.17) is 0 Å². The topological polar surface area (TPSA) is 84.1 Å². The Morgan fingerprint density at radius 1 is 1.32 bits per heavy atom. The smallest absolute Gasteiger partial charge is 0.311 e. The summed E-state index contributed by atoms with van der Waals surface area (Å²) in [5, 5.41) is 18.3. The van der Waals surface area contributed by atoms with Crippen molar-refractivity contribution in [2.45, 2.75) is 51.2 Å². The molecule has 0 unspecified atom stereocenters. The highest BCUT2D eigenvalue weighted by molar-refractivity contribution is 5.76. The van der Waals surface area contributed by atoms with E-state index in [0.29, 0.717) is 13.1 Å². The van der Waals surface area contributed by atoms with Crippen LogP contribution in [0.25, 0.3) is 0 Å². The molecule has 1 saturated heterocycles. The third kappa shape index (κ3) is 3.04. The highest BCUT2D eigenvalue weighted by Crippen LogP contribution is 2.47. The maximum atomic E-state index is 11.9. The number of pyridine rings is 1. The number of aromatic nitrogens is 4. The molecule has 0 amide bonds. The molecular formula is C18H23N5O2. The maximum absolute atomic E-state index is 11.9. The van der Waals surface area contributed by atoms with Crippen molar-refractivity contribution in [2.75, 3.05) is 6.54 Å². The zero-order valence-corrected chi connectivity index (χ0v) is 14.2. The highest BCUT2D eigenvalue weighted by Gasteiger charge is 2.53. The van der Waals surface area contributed by atoms with Gasteiger partial charge in [0, 0.05) is 31.5 Å². The first kappa shape index (κ1) is 16.2. The lowest BCUT2D eigenvalue weighted by Crippen LogP contribution is -2.46. The number of nitrogens with zero attached hydrogens (tertiary/aromatic N) is 5. The lowest BCUT2D eigenvalue weighted by Gasteiger charge is -2.38. The molecule has 25 heavy (non-hydrogen) atoms. The van der Waals surface area contributed by atoms with Gasteiger partial charge in [0.1, 0.15) is 0 Å². The summed E-state index contributed by atoms with van der Waals surface area (Å²) < 4.78 is 1.81. The maximum Gasteiger partial charge on any atom is 0.311 e. The Balaban J connectivity index is 1.45. The van der Waals surface area contributed by atoms with E-state index in [0.717, 1.165) is 49.9 Å². The Kier molecular flexibility index (Phi) is 4.25. The Bertz CT molecular complexity index is 747. The summed E-state index contributed by atoms with van der Waals surface area (Å²) in [5.74, 6) is -0.625. The quantitative estimate of drug-likeness (QED) is 0.895. The van der Waals surface area contributed by atoms with Gasteiger partial charge in [0.05, 0.1) is 23.9 Å². The summed E-state index contributed by atoms with van der Waals surface area (Å²) in [7, 11) is 0. The van der Waals surface area contributed by atoms with Gasteiger partial charge >= 0.3 is 5.97 Å². The summed E-state index contributed by atoms with van der Waals surface area (Å²) >= 11 is 0. The number of carboxylic acid groups (broad SMARTS) is 1. The molecule has 0 spiro atoms. The molecule has 2 aromatic heterocycles. The third-order valence-electron chi connectivity index (χ3n) is 5.72. The molecule has 2 aliphatic rings. The minimum Gasteiger partial charge on any atom is -0.481 e. The fourth-order valence-electron chi connectivity index (χ4n) is 4.46. The van der Waals surface area contributed by atoms with Gasteiger partial charge in [-0.25, -0.2) is 4.68 Å². The number of hydrogen-bond acceptors (Lipinski definition) is 5. The number of hydrogen-bond donors (Lipinski definition) is 1. The molecule has 2 atom stereocenters. The predicted molar refractivity (Wildman–Crippen MR) is 90.7 cm³/mol. The van der Waals surface area contributed by atoms with Crippen LogP contribution >= 0.6 is 0 Å². The van der Waals surface area contributed by atoms with E-state index >= 15 is 0 Å². The van der Waals surface area contributed by atoms with Crippen molar-refractivity contribution in [1.82, 2.24) is 24.9 Å². The summed E-state index contributed by atoms with van der Waals surface area (Å²) in [5.41, 5.74) is 1.43. The number of fused-ring (bicyclic) bond motifs is 1. The van der Waals surface area contributed by atoms with Crippen LogP contribution in [0.15, 0.2) is 30.7 Å². The van der Waals surface area contributed by atoms with E-state index in [1.54, 1.807) is 6.20 Å². The van der Waals surface area contributed by atoms with Gasteiger partial charge in [-0.15, -0.1) is 5.10 Å². The second-order valence-corrected chi connectivity index (χ2v) is 7.21. The summed E-state index contributed by atoms with van der Waals surface area (Å²) in [6.45, 7) is 2.14. The van der Waals surface area contributed by atoms with Crippen LogP contribution in [0, 0.1) is 5.41 Å². The van der Waals surface area contributed by atoms with Crippen LogP contribution in [-0.4, -0.2) is 48.5 Å². The van der Waals surface area contributed by atoms with E-state index in [2.05, 4.69) is 20.2 Å². The Morgan fingerprint density at radius 3 is 3.04 bits per heavy atom. The number of carboxylic acids is 1. The van der Waals surface area contributed by atoms with Gasteiger partial charge in [0.25, 0.3) is 0 Å². The van der Waals surface area contributed by atoms with E-state index < -0.39 is 11.4 Å². The molecular weight excluding hydrogens is 318 g/mol. The number of carbonyl (C=O) groups is 1. The second-order valence-electron chi connectivity index (χ2n) is 7.21. The van der Waals surface area contributed by atoms with Crippen LogP contribution in [0.4, 0.5) is 0 Å². The van der Waals surface area contributed by atoms with Crippen molar-refractivity contribution in [3.63, 3.8) is 0 Å². The van der Waals surface area contributed by atoms with Crippen molar-refractivity contribution in [3.05, 3.63) is 42.0 Å². The average Bonchev–Trinajstić information content (AvgIpc) is 3.22. The molecule has 4 rings (SSSR count). The van der Waals surface area contributed by atoms with Crippen molar-refractivity contribution in [2.24, 2.45) is 5.41 Å². The van der Waals surface area contributed by atoms with E-state index in [9.17, 15) is 9.90 Å². The Hall–Kier alpha value is -2.28. The fraction of sp³-hybridized carbons (Fsp3) is 0.556. The first-order valence-electron chi connectivity index (χ1n) is 8.93. The number of rotatable bonds is 5. The molecule has 0 bridgehead atoms. The molecule has 132 valence electrons. The van der Waals surface area contributed by atoms with E-state index in [-0.39, 0.29) is 6.04 Å². The SMILES string of the molecule is O=C(O)[C@@]12CCCC[C@@H]1N(Cc1cn(Cc3cccnc3)nn1)CC2. The fourth-order valence-corrected chi connectivity index (χ4v) is 4.46. The van der Waals surface area contributed by atoms with Gasteiger partial charge in [-0.05, 0) is 30.9 Å². The minimum atomic E-state index is -0.625. The molecule has 7 nitrogen and oxygen atoms in total. The second kappa shape index (κ2) is 6.55. The summed E-state index contributed by atoms with van der Waals surface area (Å²) in [6.07, 6.45) is 10.2. The van der Waals surface area contributed by atoms with Crippen molar-refractivity contribution in [1.29, 1.82) is 0 Å². The van der Waals surface area contributed by atoms with Crippen LogP contribution in [0.5, 0.6) is 0 Å². The average molecular weight is 341 g/mol. The van der Waals surface area contributed by atoms with Gasteiger partial charge in [-0.3, -0.25) is 14.7 Å². The Morgan fingerprint density at radius 2 is 2.24 bits per heavy atom. The zero-order valence-electron chi connectivity index (χ0n) is 14.2. The number of aliphatic carboxylic acids is 1. The molecule has 1 N–H and O–H groups in total. The standard InChI is InChI=1S/C18H23N5O2/c24-17(25)18-6-2-1-5-16(18)22(9-7-18)12-15-13-23(21-20-15)11-14-4-3-8-19-10-14/h3-4,8,10,13,16H,1-2,5-7,9,11-12H2,(H,24,25)/t16-,18+/m0/s1. The molecule has 3 heterocycles. The van der Waals surface area contributed by atoms with Crippen LogP contribution in [0.2, 0.25) is 0 Å². The van der Waals surface area contributed by atoms with Gasteiger partial charge in [0.15, 0.2) is 0 Å². The molecule has 2 fully saturated rings. The first-order valence-corrected chi connectivity index (χ1v) is 8.93. The van der Waals surface area contributed by atoms with E-state index in [1.165, 1.54) is 0 Å². The van der Waals surface area contributed by atoms with Crippen LogP contribution in [-0.2, 0) is 17.9 Å². The van der Waals surface area contributed by atoms with Gasteiger partial charge in [-0.1, -0.05) is 24.1 Å². The largest absolute Gasteiger partial charge is 0.481 e. The number of likely N-dealkylation sites (tertiary alicyclic amines) is 1. The third-order valence-corrected chi connectivity index (χ3v) is 5.72. The van der Waals surface area contributed by atoms with Crippen molar-refractivity contribution in [3.8, 4) is 0 Å². The van der Waals surface area contributed by atoms with E-state index in [1.807, 2.05) is 29.2 Å². The molecule has 0 aromatic carbocycles. The lowest BCUT2D eigenvalue weighted by molar-refractivity contribution is -0.152. The molecule has 1 aliphatic heterocycles. The first-order chi connectivity index (χ1) is 12.2. The minimum absolute atomic E-state index is 0.127. The predicted octanol–water partition coefficient (Wildman–Crippen LogP) is 1.94. The molecule has 7 heteroatoms. The molecule has 1 saturated carbocycles. The molecule has 2 aromatic rings. The normalized spacial score (nSPS) is 26.5. The lowest BCUT2D eigenvalue weighted by atomic mass is 9.70. The van der Waals surface area contributed by atoms with Gasteiger partial charge in [0.2, 0.25) is 0 Å².